The maximum Gasteiger partial charge on any atom is 0.228 e. The smallest absolute Gasteiger partial charge is 0.228 e. The molecule has 0 bridgehead atoms. The highest BCUT2D eigenvalue weighted by atomic mass is 16.5. The van der Waals surface area contributed by atoms with Crippen molar-refractivity contribution in [1.82, 2.24) is 4.90 Å². The van der Waals surface area contributed by atoms with Gasteiger partial charge in [0.15, 0.2) is 0 Å². The van der Waals surface area contributed by atoms with Crippen molar-refractivity contribution in [3.63, 3.8) is 0 Å². The number of amides is 1. The van der Waals surface area contributed by atoms with E-state index in [0.717, 1.165) is 39.0 Å². The Morgan fingerprint density at radius 1 is 1.50 bits per heavy atom. The average Bonchev–Trinajstić information content (AvgIpc) is 2.77. The Kier molecular flexibility index (Phi) is 5.77. The minimum atomic E-state index is 0.0720. The van der Waals surface area contributed by atoms with Gasteiger partial charge in [-0.15, -0.1) is 0 Å². The van der Waals surface area contributed by atoms with E-state index in [4.69, 9.17) is 10.5 Å². The molecule has 2 atom stereocenters. The number of nitrogens with two attached hydrogens (primary N) is 1. The molecular formula is C12H24N2O2. The van der Waals surface area contributed by atoms with Crippen molar-refractivity contribution in [2.75, 3.05) is 26.2 Å². The molecule has 0 aliphatic carbocycles. The van der Waals surface area contributed by atoms with E-state index in [1.807, 2.05) is 11.8 Å². The molecule has 4 heteroatoms. The first kappa shape index (κ1) is 13.5. The van der Waals surface area contributed by atoms with Crippen LogP contribution in [0.2, 0.25) is 0 Å². The highest BCUT2D eigenvalue weighted by Gasteiger charge is 2.34. The summed E-state index contributed by atoms with van der Waals surface area (Å²) in [6, 6.07) is 0. The van der Waals surface area contributed by atoms with Gasteiger partial charge in [0.25, 0.3) is 0 Å². The van der Waals surface area contributed by atoms with Crippen molar-refractivity contribution in [2.24, 2.45) is 11.7 Å². The lowest BCUT2D eigenvalue weighted by Gasteiger charge is -2.26. The van der Waals surface area contributed by atoms with E-state index < -0.39 is 0 Å². The van der Waals surface area contributed by atoms with Crippen LogP contribution in [0.1, 0.15) is 33.1 Å². The van der Waals surface area contributed by atoms with Crippen molar-refractivity contribution in [2.45, 2.75) is 39.2 Å². The topological polar surface area (TPSA) is 55.6 Å². The zero-order valence-corrected chi connectivity index (χ0v) is 10.4. The number of hydrogen-bond acceptors (Lipinski definition) is 3. The second-order valence-electron chi connectivity index (χ2n) is 4.27. The van der Waals surface area contributed by atoms with Gasteiger partial charge in [-0.2, -0.15) is 0 Å². The Bertz CT molecular complexity index is 221. The maximum atomic E-state index is 12.3. The van der Waals surface area contributed by atoms with Crippen LogP contribution < -0.4 is 5.73 Å². The summed E-state index contributed by atoms with van der Waals surface area (Å²) >= 11 is 0. The molecule has 2 N–H and O–H groups in total. The van der Waals surface area contributed by atoms with Crippen LogP contribution in [0, 0.1) is 5.92 Å². The summed E-state index contributed by atoms with van der Waals surface area (Å²) in [5.74, 6) is 0.322. The van der Waals surface area contributed by atoms with E-state index >= 15 is 0 Å². The number of rotatable bonds is 6. The average molecular weight is 228 g/mol. The van der Waals surface area contributed by atoms with E-state index in [2.05, 4.69) is 6.92 Å². The predicted octanol–water partition coefficient (Wildman–Crippen LogP) is 0.999. The molecule has 0 radical (unpaired) electrons. The van der Waals surface area contributed by atoms with Gasteiger partial charge >= 0.3 is 0 Å². The molecule has 0 saturated carbocycles. The van der Waals surface area contributed by atoms with Gasteiger partial charge in [0.1, 0.15) is 0 Å². The quantitative estimate of drug-likeness (QED) is 0.738. The molecular weight excluding hydrogens is 204 g/mol. The number of hydrogen-bond donors (Lipinski definition) is 1. The van der Waals surface area contributed by atoms with E-state index in [-0.39, 0.29) is 17.9 Å². The van der Waals surface area contributed by atoms with Crippen LogP contribution in [-0.4, -0.2) is 43.2 Å². The third-order valence-corrected chi connectivity index (χ3v) is 3.25. The molecule has 0 aromatic carbocycles. The van der Waals surface area contributed by atoms with E-state index in [1.54, 1.807) is 0 Å². The van der Waals surface area contributed by atoms with Gasteiger partial charge in [0.05, 0.1) is 12.0 Å². The fourth-order valence-corrected chi connectivity index (χ4v) is 2.27. The largest absolute Gasteiger partial charge is 0.377 e. The Morgan fingerprint density at radius 3 is 2.81 bits per heavy atom. The molecule has 1 rings (SSSR count). The molecule has 1 saturated heterocycles. The number of carbonyl (C=O) groups is 1. The molecule has 0 aromatic heterocycles. The molecule has 2 unspecified atom stereocenters. The standard InChI is InChI=1S/C12H24N2O2/c1-3-11-10(6-9-16-11)12(15)14(4-2)8-5-7-13/h10-11H,3-9,13H2,1-2H3. The molecule has 94 valence electrons. The van der Waals surface area contributed by atoms with Crippen molar-refractivity contribution in [3.05, 3.63) is 0 Å². The van der Waals surface area contributed by atoms with Gasteiger partial charge in [-0.25, -0.2) is 0 Å². The zero-order chi connectivity index (χ0) is 12.0. The Labute approximate surface area is 98.1 Å². The minimum Gasteiger partial charge on any atom is -0.377 e. The summed E-state index contributed by atoms with van der Waals surface area (Å²) in [7, 11) is 0. The van der Waals surface area contributed by atoms with E-state index in [1.165, 1.54) is 0 Å². The Hall–Kier alpha value is -0.610. The van der Waals surface area contributed by atoms with Crippen LogP contribution in [0.15, 0.2) is 0 Å². The maximum absolute atomic E-state index is 12.3. The predicted molar refractivity (Wildman–Crippen MR) is 64.1 cm³/mol. The highest BCUT2D eigenvalue weighted by Crippen LogP contribution is 2.25. The molecule has 1 fully saturated rings. The second kappa shape index (κ2) is 6.86. The fraction of sp³-hybridized carbons (Fsp3) is 0.917. The number of carbonyl (C=O) groups excluding carboxylic acids is 1. The SMILES string of the molecule is CCC1OCCC1C(=O)N(CC)CCCN. The first-order valence-corrected chi connectivity index (χ1v) is 6.35. The van der Waals surface area contributed by atoms with Crippen LogP contribution in [0.4, 0.5) is 0 Å². The summed E-state index contributed by atoms with van der Waals surface area (Å²) in [5.41, 5.74) is 5.48. The lowest BCUT2D eigenvalue weighted by Crippen LogP contribution is -2.40. The van der Waals surface area contributed by atoms with Crippen LogP contribution in [0.3, 0.4) is 0 Å². The molecule has 1 aliphatic heterocycles. The molecule has 1 aliphatic rings. The normalized spacial score (nSPS) is 24.7. The third-order valence-electron chi connectivity index (χ3n) is 3.25. The first-order chi connectivity index (χ1) is 7.74. The van der Waals surface area contributed by atoms with Crippen LogP contribution >= 0.6 is 0 Å². The Morgan fingerprint density at radius 2 is 2.25 bits per heavy atom. The summed E-state index contributed by atoms with van der Waals surface area (Å²) in [6.07, 6.45) is 2.80. The highest BCUT2D eigenvalue weighted by molar-refractivity contribution is 5.79. The lowest BCUT2D eigenvalue weighted by molar-refractivity contribution is -0.137. The van der Waals surface area contributed by atoms with Gasteiger partial charge in [0, 0.05) is 19.7 Å². The van der Waals surface area contributed by atoms with Gasteiger partial charge in [-0.05, 0) is 32.7 Å². The molecule has 4 nitrogen and oxygen atoms in total. The number of nitrogens with zero attached hydrogens (tertiary/aromatic N) is 1. The third kappa shape index (κ3) is 3.19. The van der Waals surface area contributed by atoms with Gasteiger partial charge < -0.3 is 15.4 Å². The van der Waals surface area contributed by atoms with Gasteiger partial charge in [0.2, 0.25) is 5.91 Å². The number of ether oxygens (including phenoxy) is 1. The summed E-state index contributed by atoms with van der Waals surface area (Å²) < 4.78 is 5.56. The summed E-state index contributed by atoms with van der Waals surface area (Å²) in [6.45, 7) is 7.01. The van der Waals surface area contributed by atoms with Crippen LogP contribution in [0.25, 0.3) is 0 Å². The molecule has 1 heterocycles. The molecule has 16 heavy (non-hydrogen) atoms. The fourth-order valence-electron chi connectivity index (χ4n) is 2.27. The van der Waals surface area contributed by atoms with Crippen molar-refractivity contribution >= 4 is 5.91 Å². The zero-order valence-electron chi connectivity index (χ0n) is 10.4. The van der Waals surface area contributed by atoms with Crippen LogP contribution in [-0.2, 0) is 9.53 Å². The summed E-state index contributed by atoms with van der Waals surface area (Å²) in [5, 5.41) is 0. The molecule has 0 aromatic rings. The van der Waals surface area contributed by atoms with Gasteiger partial charge in [-0.1, -0.05) is 6.92 Å². The van der Waals surface area contributed by atoms with Gasteiger partial charge in [-0.3, -0.25) is 4.79 Å². The monoisotopic (exact) mass is 228 g/mol. The van der Waals surface area contributed by atoms with Crippen molar-refractivity contribution < 1.29 is 9.53 Å². The molecule has 1 amide bonds. The Balaban J connectivity index is 2.52. The van der Waals surface area contributed by atoms with E-state index in [9.17, 15) is 4.79 Å². The molecule has 0 spiro atoms. The minimum absolute atomic E-state index is 0.0720. The second-order valence-corrected chi connectivity index (χ2v) is 4.27. The van der Waals surface area contributed by atoms with E-state index in [0.29, 0.717) is 6.54 Å². The van der Waals surface area contributed by atoms with Crippen molar-refractivity contribution in [3.8, 4) is 0 Å². The first-order valence-electron chi connectivity index (χ1n) is 6.35. The summed E-state index contributed by atoms with van der Waals surface area (Å²) in [4.78, 5) is 14.2. The van der Waals surface area contributed by atoms with Crippen LogP contribution in [0.5, 0.6) is 0 Å². The van der Waals surface area contributed by atoms with Crippen molar-refractivity contribution in [1.29, 1.82) is 0 Å². The lowest BCUT2D eigenvalue weighted by atomic mass is 9.98.